The van der Waals surface area contributed by atoms with Crippen molar-refractivity contribution < 1.29 is 14.4 Å². The van der Waals surface area contributed by atoms with Gasteiger partial charge in [-0.15, -0.1) is 0 Å². The van der Waals surface area contributed by atoms with Crippen LogP contribution in [0.15, 0.2) is 24.3 Å². The summed E-state index contributed by atoms with van der Waals surface area (Å²) in [7, 11) is 0. The first-order valence-corrected chi connectivity index (χ1v) is 10.5. The van der Waals surface area contributed by atoms with Crippen molar-refractivity contribution in [2.75, 3.05) is 13.1 Å². The Balaban J connectivity index is 1.10. The van der Waals surface area contributed by atoms with Gasteiger partial charge in [0, 0.05) is 18.6 Å². The van der Waals surface area contributed by atoms with Crippen molar-refractivity contribution in [2.24, 2.45) is 17.8 Å². The van der Waals surface area contributed by atoms with Gasteiger partial charge in [0.25, 0.3) is 11.8 Å². The highest BCUT2D eigenvalue weighted by Gasteiger charge is 2.51. The molecule has 6 nitrogen and oxygen atoms in total. The Morgan fingerprint density at radius 2 is 1.50 bits per heavy atom. The number of benzene rings is 1. The minimum atomic E-state index is -0.237. The van der Waals surface area contributed by atoms with Crippen molar-refractivity contribution in [1.29, 1.82) is 0 Å². The minimum absolute atomic E-state index is 0.00135. The summed E-state index contributed by atoms with van der Waals surface area (Å²) in [5.74, 6) is 1.90. The van der Waals surface area contributed by atoms with Gasteiger partial charge in [-0.25, -0.2) is 4.79 Å². The predicted molar refractivity (Wildman–Crippen MR) is 104 cm³/mol. The molecule has 5 aliphatic rings. The molecule has 4 aliphatic carbocycles. The molecule has 6 heteroatoms. The van der Waals surface area contributed by atoms with Crippen LogP contribution in [0.2, 0.25) is 0 Å². The van der Waals surface area contributed by atoms with E-state index in [0.717, 1.165) is 37.0 Å². The number of nitrogens with zero attached hydrogens (tertiary/aromatic N) is 1. The van der Waals surface area contributed by atoms with E-state index < -0.39 is 0 Å². The lowest BCUT2D eigenvalue weighted by molar-refractivity contribution is -0.0135. The minimum Gasteiger partial charge on any atom is -0.338 e. The van der Waals surface area contributed by atoms with Crippen molar-refractivity contribution in [3.63, 3.8) is 0 Å². The lowest BCUT2D eigenvalue weighted by atomic mass is 9.53. The number of carbonyl (C=O) groups is 3. The molecule has 28 heavy (non-hydrogen) atoms. The summed E-state index contributed by atoms with van der Waals surface area (Å²) in [6.45, 7) is 0.773. The maximum Gasteiger partial charge on any atom is 0.315 e. The van der Waals surface area contributed by atoms with E-state index in [1.807, 2.05) is 0 Å². The molecule has 0 aromatic heterocycles. The summed E-state index contributed by atoms with van der Waals surface area (Å²) in [5, 5.41) is 6.22. The van der Waals surface area contributed by atoms with Crippen LogP contribution in [-0.2, 0) is 0 Å². The highest BCUT2D eigenvalue weighted by molar-refractivity contribution is 6.21. The second-order valence-corrected chi connectivity index (χ2v) is 9.24. The first-order valence-electron chi connectivity index (χ1n) is 10.5. The Bertz CT molecular complexity index is 764. The van der Waals surface area contributed by atoms with Crippen molar-refractivity contribution in [3.8, 4) is 0 Å². The fraction of sp³-hybridized carbons (Fsp3) is 0.591. The zero-order valence-electron chi connectivity index (χ0n) is 16.1. The summed E-state index contributed by atoms with van der Waals surface area (Å²) >= 11 is 0. The largest absolute Gasteiger partial charge is 0.338 e. The van der Waals surface area contributed by atoms with Gasteiger partial charge in [0.05, 0.1) is 11.1 Å². The Kier molecular flexibility index (Phi) is 4.18. The van der Waals surface area contributed by atoms with E-state index in [1.54, 1.807) is 24.3 Å². The van der Waals surface area contributed by atoms with Gasteiger partial charge < -0.3 is 10.6 Å². The molecule has 148 valence electrons. The molecular formula is C22H27N3O3. The summed E-state index contributed by atoms with van der Waals surface area (Å²) in [5.41, 5.74) is 0.946. The van der Waals surface area contributed by atoms with E-state index in [9.17, 15) is 14.4 Å². The van der Waals surface area contributed by atoms with Crippen LogP contribution in [0.1, 0.15) is 65.7 Å². The van der Waals surface area contributed by atoms with Crippen molar-refractivity contribution >= 4 is 17.8 Å². The average Bonchev–Trinajstić information content (AvgIpc) is 2.88. The van der Waals surface area contributed by atoms with Crippen LogP contribution >= 0.6 is 0 Å². The molecule has 4 amide bonds. The number of imide groups is 1. The average molecular weight is 381 g/mol. The van der Waals surface area contributed by atoms with Crippen molar-refractivity contribution in [3.05, 3.63) is 35.4 Å². The number of amides is 4. The second kappa shape index (κ2) is 6.61. The Morgan fingerprint density at radius 1 is 0.964 bits per heavy atom. The van der Waals surface area contributed by atoms with Crippen LogP contribution in [0.3, 0.4) is 0 Å². The van der Waals surface area contributed by atoms with E-state index in [1.165, 1.54) is 24.2 Å². The molecule has 1 aliphatic heterocycles. The normalized spacial score (nSPS) is 32.6. The zero-order chi connectivity index (χ0) is 19.3. The van der Waals surface area contributed by atoms with Gasteiger partial charge in [0.1, 0.15) is 0 Å². The molecule has 4 fully saturated rings. The first-order chi connectivity index (χ1) is 13.5. The molecule has 6 rings (SSSR count). The maximum absolute atomic E-state index is 12.5. The number of rotatable bonds is 5. The third-order valence-electron chi connectivity index (χ3n) is 7.14. The quantitative estimate of drug-likeness (QED) is 0.608. The van der Waals surface area contributed by atoms with E-state index in [2.05, 4.69) is 10.6 Å². The highest BCUT2D eigenvalue weighted by atomic mass is 16.2. The molecular weight excluding hydrogens is 354 g/mol. The lowest BCUT2D eigenvalue weighted by Crippen LogP contribution is -2.61. The molecule has 4 bridgehead atoms. The Hall–Kier alpha value is -2.37. The first kappa shape index (κ1) is 17.7. The van der Waals surface area contributed by atoms with Gasteiger partial charge in [0.2, 0.25) is 0 Å². The molecule has 0 unspecified atom stereocenters. The fourth-order valence-electron chi connectivity index (χ4n) is 6.43. The number of urea groups is 1. The number of fused-ring (bicyclic) bond motifs is 1. The van der Waals surface area contributed by atoms with Crippen LogP contribution in [-0.4, -0.2) is 41.4 Å². The highest BCUT2D eigenvalue weighted by Crippen LogP contribution is 2.55. The third-order valence-corrected chi connectivity index (χ3v) is 7.14. The van der Waals surface area contributed by atoms with Gasteiger partial charge >= 0.3 is 6.03 Å². The van der Waals surface area contributed by atoms with Crippen LogP contribution in [0.5, 0.6) is 0 Å². The summed E-state index contributed by atoms with van der Waals surface area (Å²) in [6, 6.07) is 6.80. The smallest absolute Gasteiger partial charge is 0.315 e. The van der Waals surface area contributed by atoms with E-state index >= 15 is 0 Å². The van der Waals surface area contributed by atoms with E-state index in [4.69, 9.17) is 0 Å². The standard InChI is InChI=1S/C22H27N3O3/c26-19-17-4-1-2-5-18(17)20(27)25(19)7-3-6-23-21(28)24-22-11-14-8-15(12-22)10-16(9-14)13-22/h1-2,4-5,14-16H,3,6-13H2,(H2,23,24,28). The summed E-state index contributed by atoms with van der Waals surface area (Å²) in [6.07, 6.45) is 7.98. The molecule has 1 aromatic carbocycles. The molecule has 0 saturated heterocycles. The monoisotopic (exact) mass is 381 g/mol. The van der Waals surface area contributed by atoms with Gasteiger partial charge in [-0.2, -0.15) is 0 Å². The SMILES string of the molecule is O=C(NCCCN1C(=O)c2ccccc2C1=O)NC12CC3CC(CC(C3)C1)C2. The molecule has 0 radical (unpaired) electrons. The Labute approximate surface area is 165 Å². The van der Waals surface area contributed by atoms with E-state index in [0.29, 0.717) is 30.6 Å². The third kappa shape index (κ3) is 2.99. The van der Waals surface area contributed by atoms with Crippen LogP contribution < -0.4 is 10.6 Å². The molecule has 2 N–H and O–H groups in total. The Morgan fingerprint density at radius 3 is 2.04 bits per heavy atom. The molecule has 4 saturated carbocycles. The topological polar surface area (TPSA) is 78.5 Å². The molecule has 0 atom stereocenters. The van der Waals surface area contributed by atoms with Crippen molar-refractivity contribution in [2.45, 2.75) is 50.5 Å². The van der Waals surface area contributed by atoms with Crippen molar-refractivity contribution in [1.82, 2.24) is 15.5 Å². The molecule has 1 aromatic rings. The van der Waals surface area contributed by atoms with Gasteiger partial charge in [-0.3, -0.25) is 14.5 Å². The van der Waals surface area contributed by atoms with E-state index in [-0.39, 0.29) is 23.4 Å². The number of hydrogen-bond donors (Lipinski definition) is 2. The maximum atomic E-state index is 12.5. The fourth-order valence-corrected chi connectivity index (χ4v) is 6.43. The van der Waals surface area contributed by atoms with Crippen LogP contribution in [0.4, 0.5) is 4.79 Å². The van der Waals surface area contributed by atoms with Gasteiger partial charge in [-0.1, -0.05) is 12.1 Å². The summed E-state index contributed by atoms with van der Waals surface area (Å²) < 4.78 is 0. The zero-order valence-corrected chi connectivity index (χ0v) is 16.1. The lowest BCUT2D eigenvalue weighted by Gasteiger charge is -2.56. The van der Waals surface area contributed by atoms with Gasteiger partial charge in [-0.05, 0) is 74.8 Å². The number of carbonyl (C=O) groups excluding carboxylic acids is 3. The summed E-state index contributed by atoms with van der Waals surface area (Å²) in [4.78, 5) is 38.5. The predicted octanol–water partition coefficient (Wildman–Crippen LogP) is 2.94. The number of nitrogens with one attached hydrogen (secondary N) is 2. The van der Waals surface area contributed by atoms with Crippen LogP contribution in [0, 0.1) is 17.8 Å². The van der Waals surface area contributed by atoms with Crippen LogP contribution in [0.25, 0.3) is 0 Å². The number of hydrogen-bond acceptors (Lipinski definition) is 3. The molecule has 0 spiro atoms. The second-order valence-electron chi connectivity index (χ2n) is 9.24. The molecule has 1 heterocycles. The van der Waals surface area contributed by atoms with Gasteiger partial charge in [0.15, 0.2) is 0 Å².